The summed E-state index contributed by atoms with van der Waals surface area (Å²) in [5, 5.41) is 2.95. The van der Waals surface area contributed by atoms with Gasteiger partial charge in [0.2, 0.25) is 5.91 Å². The summed E-state index contributed by atoms with van der Waals surface area (Å²) in [5.74, 6) is 0.246. The molecule has 4 heteroatoms. The number of pyridine rings is 1. The molecular formula is C13H18N2O2. The molecule has 2 rings (SSSR count). The molecule has 17 heavy (non-hydrogen) atoms. The van der Waals surface area contributed by atoms with Crippen LogP contribution in [0.15, 0.2) is 18.3 Å². The molecule has 1 saturated heterocycles. The van der Waals surface area contributed by atoms with Crippen molar-refractivity contribution in [2.75, 3.05) is 13.2 Å². The van der Waals surface area contributed by atoms with Crippen LogP contribution in [0.3, 0.4) is 0 Å². The zero-order valence-corrected chi connectivity index (χ0v) is 10.1. The molecule has 0 spiro atoms. The number of carbonyl (C=O) groups is 1. The SMILES string of the molecule is Cc1ccc(CNC(=O)C2CCOCC2)cn1. The predicted molar refractivity (Wildman–Crippen MR) is 64.4 cm³/mol. The maximum Gasteiger partial charge on any atom is 0.223 e. The highest BCUT2D eigenvalue weighted by molar-refractivity contribution is 5.78. The highest BCUT2D eigenvalue weighted by atomic mass is 16.5. The molecule has 1 amide bonds. The summed E-state index contributed by atoms with van der Waals surface area (Å²) in [7, 11) is 0. The summed E-state index contributed by atoms with van der Waals surface area (Å²) in [4.78, 5) is 16.0. The third-order valence-electron chi connectivity index (χ3n) is 3.03. The maximum atomic E-state index is 11.9. The standard InChI is InChI=1S/C13H18N2O2/c1-10-2-3-11(8-14-10)9-15-13(16)12-4-6-17-7-5-12/h2-3,8,12H,4-7,9H2,1H3,(H,15,16). The van der Waals surface area contributed by atoms with Gasteiger partial charge in [0.1, 0.15) is 0 Å². The topological polar surface area (TPSA) is 51.2 Å². The van der Waals surface area contributed by atoms with E-state index in [0.717, 1.165) is 24.1 Å². The van der Waals surface area contributed by atoms with Crippen molar-refractivity contribution < 1.29 is 9.53 Å². The van der Waals surface area contributed by atoms with Gasteiger partial charge in [0, 0.05) is 37.6 Å². The van der Waals surface area contributed by atoms with Gasteiger partial charge in [-0.3, -0.25) is 9.78 Å². The van der Waals surface area contributed by atoms with Crippen LogP contribution >= 0.6 is 0 Å². The Morgan fingerprint density at radius 3 is 2.88 bits per heavy atom. The second-order valence-corrected chi connectivity index (χ2v) is 4.41. The van der Waals surface area contributed by atoms with Crippen molar-refractivity contribution in [3.63, 3.8) is 0 Å². The van der Waals surface area contributed by atoms with Crippen molar-refractivity contribution in [3.05, 3.63) is 29.6 Å². The first-order valence-electron chi connectivity index (χ1n) is 6.02. The Morgan fingerprint density at radius 1 is 1.47 bits per heavy atom. The first-order valence-corrected chi connectivity index (χ1v) is 6.02. The molecule has 92 valence electrons. The Labute approximate surface area is 101 Å². The minimum atomic E-state index is 0.113. The van der Waals surface area contributed by atoms with Gasteiger partial charge in [-0.1, -0.05) is 6.07 Å². The number of nitrogens with one attached hydrogen (secondary N) is 1. The molecule has 0 aliphatic carbocycles. The van der Waals surface area contributed by atoms with Crippen LogP contribution in [-0.2, 0) is 16.1 Å². The van der Waals surface area contributed by atoms with Gasteiger partial charge >= 0.3 is 0 Å². The Kier molecular flexibility index (Phi) is 4.09. The lowest BCUT2D eigenvalue weighted by atomic mass is 9.99. The molecule has 0 radical (unpaired) electrons. The predicted octanol–water partition coefficient (Wildman–Crippen LogP) is 1.43. The zero-order chi connectivity index (χ0) is 12.1. The van der Waals surface area contributed by atoms with Gasteiger partial charge in [0.15, 0.2) is 0 Å². The van der Waals surface area contributed by atoms with E-state index >= 15 is 0 Å². The lowest BCUT2D eigenvalue weighted by Crippen LogP contribution is -2.33. The van der Waals surface area contributed by atoms with Gasteiger partial charge in [-0.05, 0) is 31.4 Å². The van der Waals surface area contributed by atoms with Crippen LogP contribution in [0.5, 0.6) is 0 Å². The molecule has 1 aliphatic heterocycles. The van der Waals surface area contributed by atoms with Gasteiger partial charge in [-0.15, -0.1) is 0 Å². The average molecular weight is 234 g/mol. The van der Waals surface area contributed by atoms with Crippen LogP contribution < -0.4 is 5.32 Å². The zero-order valence-electron chi connectivity index (χ0n) is 10.1. The lowest BCUT2D eigenvalue weighted by molar-refractivity contribution is -0.128. The molecule has 1 aromatic heterocycles. The molecular weight excluding hydrogens is 216 g/mol. The Balaban J connectivity index is 1.81. The number of aryl methyl sites for hydroxylation is 1. The third-order valence-corrected chi connectivity index (χ3v) is 3.03. The Bertz CT molecular complexity index is 370. The summed E-state index contributed by atoms with van der Waals surface area (Å²) in [6.07, 6.45) is 3.47. The molecule has 4 nitrogen and oxygen atoms in total. The van der Waals surface area contributed by atoms with Crippen molar-refractivity contribution in [3.8, 4) is 0 Å². The molecule has 0 unspecified atom stereocenters. The first-order chi connectivity index (χ1) is 8.25. The van der Waals surface area contributed by atoms with Gasteiger partial charge in [-0.2, -0.15) is 0 Å². The largest absolute Gasteiger partial charge is 0.381 e. The lowest BCUT2D eigenvalue weighted by Gasteiger charge is -2.21. The minimum Gasteiger partial charge on any atom is -0.381 e. The fourth-order valence-corrected chi connectivity index (χ4v) is 1.90. The van der Waals surface area contributed by atoms with Crippen molar-refractivity contribution in [2.45, 2.75) is 26.3 Å². The van der Waals surface area contributed by atoms with E-state index in [0.29, 0.717) is 19.8 Å². The first kappa shape index (κ1) is 12.0. The number of carbonyl (C=O) groups excluding carboxylic acids is 1. The smallest absolute Gasteiger partial charge is 0.223 e. The monoisotopic (exact) mass is 234 g/mol. The highest BCUT2D eigenvalue weighted by Gasteiger charge is 2.20. The number of rotatable bonds is 3. The van der Waals surface area contributed by atoms with Crippen LogP contribution in [0.4, 0.5) is 0 Å². The second-order valence-electron chi connectivity index (χ2n) is 4.41. The van der Waals surface area contributed by atoms with Gasteiger partial charge < -0.3 is 10.1 Å². The summed E-state index contributed by atoms with van der Waals surface area (Å²) in [6, 6.07) is 3.95. The van der Waals surface area contributed by atoms with E-state index in [2.05, 4.69) is 10.3 Å². The minimum absolute atomic E-state index is 0.113. The van der Waals surface area contributed by atoms with Crippen molar-refractivity contribution in [2.24, 2.45) is 5.92 Å². The van der Waals surface area contributed by atoms with Gasteiger partial charge in [-0.25, -0.2) is 0 Å². The van der Waals surface area contributed by atoms with Crippen LogP contribution in [0.1, 0.15) is 24.1 Å². The molecule has 1 aromatic rings. The number of aromatic nitrogens is 1. The van der Waals surface area contributed by atoms with Crippen LogP contribution in [-0.4, -0.2) is 24.1 Å². The molecule has 0 atom stereocenters. The van der Waals surface area contributed by atoms with E-state index in [-0.39, 0.29) is 11.8 Å². The molecule has 0 bridgehead atoms. The summed E-state index contributed by atoms with van der Waals surface area (Å²) < 4.78 is 5.24. The normalized spacial score (nSPS) is 16.8. The Morgan fingerprint density at radius 2 is 2.24 bits per heavy atom. The third kappa shape index (κ3) is 3.53. The second kappa shape index (κ2) is 5.77. The quantitative estimate of drug-likeness (QED) is 0.860. The number of ether oxygens (including phenoxy) is 1. The fourth-order valence-electron chi connectivity index (χ4n) is 1.90. The van der Waals surface area contributed by atoms with E-state index in [1.165, 1.54) is 0 Å². The van der Waals surface area contributed by atoms with Gasteiger partial charge in [0.05, 0.1) is 0 Å². The number of hydrogen-bond donors (Lipinski definition) is 1. The number of hydrogen-bond acceptors (Lipinski definition) is 3. The summed E-state index contributed by atoms with van der Waals surface area (Å²) in [5.41, 5.74) is 2.03. The maximum absolute atomic E-state index is 11.9. The van der Waals surface area contributed by atoms with E-state index in [1.807, 2.05) is 19.1 Å². The number of nitrogens with zero attached hydrogens (tertiary/aromatic N) is 1. The van der Waals surface area contributed by atoms with Crippen molar-refractivity contribution >= 4 is 5.91 Å². The van der Waals surface area contributed by atoms with E-state index in [4.69, 9.17) is 4.74 Å². The van der Waals surface area contributed by atoms with Crippen molar-refractivity contribution in [1.82, 2.24) is 10.3 Å². The van der Waals surface area contributed by atoms with Gasteiger partial charge in [0.25, 0.3) is 0 Å². The van der Waals surface area contributed by atoms with Crippen molar-refractivity contribution in [1.29, 1.82) is 0 Å². The molecule has 1 aliphatic rings. The van der Waals surface area contributed by atoms with E-state index in [9.17, 15) is 4.79 Å². The molecule has 1 fully saturated rings. The highest BCUT2D eigenvalue weighted by Crippen LogP contribution is 2.14. The van der Waals surface area contributed by atoms with E-state index in [1.54, 1.807) is 6.20 Å². The molecule has 0 aromatic carbocycles. The average Bonchev–Trinajstić information content (AvgIpc) is 2.39. The van der Waals surface area contributed by atoms with Crippen LogP contribution in [0.25, 0.3) is 0 Å². The fraction of sp³-hybridized carbons (Fsp3) is 0.538. The molecule has 2 heterocycles. The van der Waals surface area contributed by atoms with E-state index < -0.39 is 0 Å². The van der Waals surface area contributed by atoms with Crippen LogP contribution in [0, 0.1) is 12.8 Å². The Hall–Kier alpha value is -1.42. The number of amides is 1. The molecule has 1 N–H and O–H groups in total. The summed E-state index contributed by atoms with van der Waals surface area (Å²) >= 11 is 0. The molecule has 0 saturated carbocycles. The van der Waals surface area contributed by atoms with Crippen LogP contribution in [0.2, 0.25) is 0 Å². The summed E-state index contributed by atoms with van der Waals surface area (Å²) in [6.45, 7) is 3.90.